The summed E-state index contributed by atoms with van der Waals surface area (Å²) in [4.78, 5) is 51.9. The van der Waals surface area contributed by atoms with Gasteiger partial charge in [-0.25, -0.2) is 0 Å². The fraction of sp³-hybridized carbons (Fsp3) is 0.267. The molecule has 0 bridgehead atoms. The Morgan fingerprint density at radius 2 is 1.73 bits per heavy atom. The molecule has 224 valence electrons. The fourth-order valence-corrected chi connectivity index (χ4v) is 6.75. The quantitative estimate of drug-likeness (QED) is 0.120. The lowest BCUT2D eigenvalue weighted by atomic mass is 9.47. The first-order valence-corrected chi connectivity index (χ1v) is 13.1. The van der Waals surface area contributed by atoms with E-state index in [1.807, 2.05) is 0 Å². The van der Waals surface area contributed by atoms with Gasteiger partial charge in [0.15, 0.2) is 17.0 Å². The number of nitrogens with zero attached hydrogens (tertiary/aromatic N) is 3. The SMILES string of the molecule is CN(C)[C@@H]1C(=O)C(C(N)=O)=C(O)[C@@]2(C#N)C(=O)C3=C(O)c4c(O)ccc(C#Cc5ccc([N+](=O)[O-])cc5)c4C[C@@]3(N)C[C@@]12N. The van der Waals surface area contributed by atoms with Crippen molar-refractivity contribution in [2.45, 2.75) is 30.0 Å². The lowest BCUT2D eigenvalue weighted by molar-refractivity contribution is -0.384. The molecule has 1 saturated carbocycles. The first-order chi connectivity index (χ1) is 20.6. The minimum atomic E-state index is -2.76. The second kappa shape index (κ2) is 9.75. The Hall–Kier alpha value is -5.54. The van der Waals surface area contributed by atoms with Crippen molar-refractivity contribution in [1.82, 2.24) is 4.90 Å². The highest BCUT2D eigenvalue weighted by atomic mass is 16.6. The number of Topliss-reactive ketones (excluding diaryl/α,β-unsaturated/α-hetero) is 2. The molecule has 1 amide bonds. The molecule has 1 fully saturated rings. The molecule has 14 nitrogen and oxygen atoms in total. The van der Waals surface area contributed by atoms with Crippen molar-refractivity contribution in [2.24, 2.45) is 22.6 Å². The van der Waals surface area contributed by atoms with E-state index in [4.69, 9.17) is 17.2 Å². The van der Waals surface area contributed by atoms with Gasteiger partial charge in [0.2, 0.25) is 0 Å². The Bertz CT molecular complexity index is 1880. The lowest BCUT2D eigenvalue weighted by Gasteiger charge is -2.58. The molecule has 5 rings (SSSR count). The van der Waals surface area contributed by atoms with Crippen molar-refractivity contribution >= 4 is 28.9 Å². The van der Waals surface area contributed by atoms with Gasteiger partial charge in [0.05, 0.1) is 39.2 Å². The second-order valence-electron chi connectivity index (χ2n) is 11.3. The molecule has 3 aliphatic carbocycles. The van der Waals surface area contributed by atoms with Crippen LogP contribution in [0.2, 0.25) is 0 Å². The normalized spacial score (nSPS) is 27.5. The summed E-state index contributed by atoms with van der Waals surface area (Å²) in [5, 5.41) is 55.0. The number of aliphatic hydroxyl groups excluding tert-OH is 2. The number of nitrogens with two attached hydrogens (primary N) is 3. The molecular weight excluding hydrogens is 572 g/mol. The summed E-state index contributed by atoms with van der Waals surface area (Å²) in [5.41, 5.74) is 11.3. The first kappa shape index (κ1) is 29.9. The summed E-state index contributed by atoms with van der Waals surface area (Å²) < 4.78 is 0. The van der Waals surface area contributed by atoms with Gasteiger partial charge in [0.1, 0.15) is 22.8 Å². The molecule has 2 aromatic carbocycles. The number of aliphatic hydroxyl groups is 2. The third-order valence-corrected chi connectivity index (χ3v) is 8.55. The van der Waals surface area contributed by atoms with E-state index in [2.05, 4.69) is 11.8 Å². The summed E-state index contributed by atoms with van der Waals surface area (Å²) in [6.07, 6.45) is -0.776. The summed E-state index contributed by atoms with van der Waals surface area (Å²) in [7, 11) is 2.85. The minimum Gasteiger partial charge on any atom is -0.509 e. The Kier molecular flexibility index (Phi) is 6.63. The van der Waals surface area contributed by atoms with Crippen molar-refractivity contribution in [2.75, 3.05) is 14.1 Å². The van der Waals surface area contributed by atoms with Crippen LogP contribution in [0.3, 0.4) is 0 Å². The van der Waals surface area contributed by atoms with Crippen LogP contribution in [-0.4, -0.2) is 73.8 Å². The van der Waals surface area contributed by atoms with Gasteiger partial charge in [-0.05, 0) is 56.8 Å². The van der Waals surface area contributed by atoms with Crippen molar-refractivity contribution in [3.8, 4) is 23.7 Å². The van der Waals surface area contributed by atoms with Crippen LogP contribution in [0.1, 0.15) is 28.7 Å². The van der Waals surface area contributed by atoms with E-state index < -0.39 is 79.8 Å². The highest BCUT2D eigenvalue weighted by Gasteiger charge is 2.74. The zero-order valence-corrected chi connectivity index (χ0v) is 23.4. The Morgan fingerprint density at radius 1 is 1.09 bits per heavy atom. The number of carbonyl (C=O) groups excluding carboxylic acids is 3. The summed E-state index contributed by atoms with van der Waals surface area (Å²) in [6.45, 7) is 0. The van der Waals surface area contributed by atoms with E-state index in [0.29, 0.717) is 5.56 Å². The second-order valence-corrected chi connectivity index (χ2v) is 11.3. The molecule has 0 heterocycles. The molecule has 0 aromatic heterocycles. The van der Waals surface area contributed by atoms with Crippen molar-refractivity contribution < 1.29 is 34.6 Å². The fourth-order valence-electron chi connectivity index (χ4n) is 6.75. The molecule has 2 aromatic rings. The van der Waals surface area contributed by atoms with Crippen LogP contribution in [-0.2, 0) is 20.8 Å². The van der Waals surface area contributed by atoms with E-state index in [9.17, 15) is 45.1 Å². The smallest absolute Gasteiger partial charge is 0.269 e. The van der Waals surface area contributed by atoms with Crippen LogP contribution in [0, 0.1) is 38.7 Å². The van der Waals surface area contributed by atoms with Crippen LogP contribution in [0.15, 0.2) is 53.3 Å². The minimum absolute atomic E-state index is 0.127. The van der Waals surface area contributed by atoms with E-state index in [0.717, 1.165) is 0 Å². The monoisotopic (exact) mass is 598 g/mol. The summed E-state index contributed by atoms with van der Waals surface area (Å²) in [6, 6.07) is 8.32. The van der Waals surface area contributed by atoms with Crippen molar-refractivity contribution in [3.05, 3.63) is 85.7 Å². The largest absolute Gasteiger partial charge is 0.509 e. The predicted molar refractivity (Wildman–Crippen MR) is 153 cm³/mol. The number of benzene rings is 2. The number of rotatable bonds is 3. The first-order valence-electron chi connectivity index (χ1n) is 13.1. The van der Waals surface area contributed by atoms with E-state index in [1.165, 1.54) is 55.4 Å². The number of hydrogen-bond donors (Lipinski definition) is 6. The number of hydrogen-bond acceptors (Lipinski definition) is 12. The van der Waals surface area contributed by atoms with E-state index >= 15 is 0 Å². The van der Waals surface area contributed by atoms with Gasteiger partial charge in [0, 0.05) is 23.3 Å². The van der Waals surface area contributed by atoms with Crippen LogP contribution in [0.25, 0.3) is 5.76 Å². The number of aromatic hydroxyl groups is 1. The standard InChI is InChI=1S/C30H26N6O8/c1-35(2)24-23(39)20(27(32)42)25(40)29(13-31)26(41)21-22(38)19-17(11-28(21,33)12-30(24,29)34)15(7-10-18(19)37)6-3-14-4-8-16(9-5-14)36(43)44/h4-5,7-10,24,37-38,40H,11-12,33-34H2,1-2H3,(H2,32,42)/t24-,28-,29+,30-/m1/s1. The Balaban J connectivity index is 1.75. The van der Waals surface area contributed by atoms with E-state index in [1.54, 1.807) is 6.07 Å². The van der Waals surface area contributed by atoms with Crippen molar-refractivity contribution in [1.29, 1.82) is 5.26 Å². The molecule has 0 unspecified atom stereocenters. The molecule has 4 atom stereocenters. The maximum Gasteiger partial charge on any atom is 0.269 e. The van der Waals surface area contributed by atoms with E-state index in [-0.39, 0.29) is 28.8 Å². The molecule has 0 spiro atoms. The van der Waals surface area contributed by atoms with Gasteiger partial charge in [-0.2, -0.15) is 5.26 Å². The highest BCUT2D eigenvalue weighted by Crippen LogP contribution is 2.58. The van der Waals surface area contributed by atoms with Gasteiger partial charge >= 0.3 is 0 Å². The molecule has 0 radical (unpaired) electrons. The molecular formula is C30H26N6O8. The average molecular weight is 599 g/mol. The van der Waals surface area contributed by atoms with Gasteiger partial charge in [-0.1, -0.05) is 11.8 Å². The maximum absolute atomic E-state index is 14.4. The number of fused-ring (bicyclic) bond motifs is 3. The summed E-state index contributed by atoms with van der Waals surface area (Å²) >= 11 is 0. The number of amides is 1. The number of nitro benzene ring substituents is 1. The molecule has 14 heteroatoms. The van der Waals surface area contributed by atoms with Crippen molar-refractivity contribution in [3.63, 3.8) is 0 Å². The number of nitriles is 1. The van der Waals surface area contributed by atoms with Crippen LogP contribution < -0.4 is 17.2 Å². The maximum atomic E-state index is 14.4. The van der Waals surface area contributed by atoms with Crippen LogP contribution in [0.4, 0.5) is 5.69 Å². The number of nitro groups is 1. The molecule has 3 aliphatic rings. The average Bonchev–Trinajstić information content (AvgIpc) is 2.91. The molecule has 0 aliphatic heterocycles. The van der Waals surface area contributed by atoms with Gasteiger partial charge in [-0.3, -0.25) is 29.4 Å². The molecule has 44 heavy (non-hydrogen) atoms. The van der Waals surface area contributed by atoms with Gasteiger partial charge in [0.25, 0.3) is 11.6 Å². The number of primary amides is 1. The topological polar surface area (TPSA) is 260 Å². The number of carbonyl (C=O) groups is 3. The highest BCUT2D eigenvalue weighted by molar-refractivity contribution is 6.25. The zero-order chi connectivity index (χ0) is 32.5. The third kappa shape index (κ3) is 3.83. The molecule has 0 saturated heterocycles. The molecule has 9 N–H and O–H groups in total. The Labute approximate surface area is 249 Å². The Morgan fingerprint density at radius 3 is 2.27 bits per heavy atom. The predicted octanol–water partition coefficient (Wildman–Crippen LogP) is 0.213. The lowest BCUT2D eigenvalue weighted by Crippen LogP contribution is -2.80. The number of likely N-dealkylation sites (N-methyl/N-ethyl adjacent to an activating group) is 1. The number of phenols is 1. The zero-order valence-electron chi connectivity index (χ0n) is 23.4. The van der Waals surface area contributed by atoms with Crippen LogP contribution in [0.5, 0.6) is 5.75 Å². The number of ketones is 2. The van der Waals surface area contributed by atoms with Gasteiger partial charge < -0.3 is 32.5 Å². The summed E-state index contributed by atoms with van der Waals surface area (Å²) in [5.74, 6) is -0.350. The number of phenolic OH excluding ortho intramolecular Hbond substituents is 1. The number of non-ortho nitro benzene ring substituents is 1. The van der Waals surface area contributed by atoms with Gasteiger partial charge in [-0.15, -0.1) is 0 Å². The van der Waals surface area contributed by atoms with Crippen LogP contribution >= 0.6 is 0 Å². The third-order valence-electron chi connectivity index (χ3n) is 8.55.